The van der Waals surface area contributed by atoms with E-state index in [0.29, 0.717) is 6.54 Å². The summed E-state index contributed by atoms with van der Waals surface area (Å²) in [4.78, 5) is 15.6. The van der Waals surface area contributed by atoms with Crippen molar-refractivity contribution < 1.29 is 0 Å². The molecule has 1 aliphatic rings. The van der Waals surface area contributed by atoms with Crippen LogP contribution >= 0.6 is 36.2 Å². The molecule has 3 aromatic heterocycles. The molecule has 2 N–H and O–H groups in total. The van der Waals surface area contributed by atoms with Crippen molar-refractivity contribution in [3.8, 4) is 5.69 Å². The normalized spacial score (nSPS) is 12.7. The lowest BCUT2D eigenvalue weighted by atomic mass is 10.1. The van der Waals surface area contributed by atoms with Gasteiger partial charge in [0.05, 0.1) is 17.4 Å². The molecular formula is C19H20Cl2N6S. The molecule has 1 aliphatic heterocycles. The van der Waals surface area contributed by atoms with E-state index >= 15 is 0 Å². The minimum absolute atomic E-state index is 0. The number of hydrogen-bond donors (Lipinski definition) is 2. The zero-order valence-electron chi connectivity index (χ0n) is 15.0. The van der Waals surface area contributed by atoms with Crippen LogP contribution < -0.4 is 10.6 Å². The number of thiophene rings is 1. The first kappa shape index (κ1) is 20.5. The van der Waals surface area contributed by atoms with Crippen molar-refractivity contribution in [2.45, 2.75) is 19.5 Å². The third-order valence-corrected chi connectivity index (χ3v) is 5.87. The fourth-order valence-corrected chi connectivity index (χ4v) is 4.64. The summed E-state index contributed by atoms with van der Waals surface area (Å²) in [5.41, 5.74) is 3.72. The third kappa shape index (κ3) is 3.71. The molecule has 0 saturated carbocycles. The standard InChI is InChI=1S/C19H18N6S.2ClH/c1-2-4-15(25-8-7-21-12-25)13(3-1)9-22-18-17-14-5-6-20-10-16(14)26-19(17)24-11-23-18;;/h1-4,7-8,11-12,20H,5-6,9-10H2,(H,22,23,24);2*1H. The Bertz CT molecular complexity index is 1060. The second-order valence-corrected chi connectivity index (χ2v) is 7.37. The third-order valence-electron chi connectivity index (χ3n) is 4.73. The van der Waals surface area contributed by atoms with Crippen molar-refractivity contribution in [3.63, 3.8) is 0 Å². The number of benzene rings is 1. The molecule has 0 spiro atoms. The summed E-state index contributed by atoms with van der Waals surface area (Å²) in [7, 11) is 0. The minimum atomic E-state index is 0. The second-order valence-electron chi connectivity index (χ2n) is 6.29. The Kier molecular flexibility index (Phi) is 6.51. The topological polar surface area (TPSA) is 67.7 Å². The van der Waals surface area contributed by atoms with Crippen LogP contribution in [-0.2, 0) is 19.5 Å². The Labute approximate surface area is 179 Å². The maximum Gasteiger partial charge on any atom is 0.138 e. The average molecular weight is 435 g/mol. The summed E-state index contributed by atoms with van der Waals surface area (Å²) in [5, 5.41) is 8.17. The van der Waals surface area contributed by atoms with Crippen LogP contribution in [0.25, 0.3) is 15.9 Å². The number of para-hydroxylation sites is 1. The monoisotopic (exact) mass is 434 g/mol. The molecule has 5 rings (SSSR count). The summed E-state index contributed by atoms with van der Waals surface area (Å²) in [6.07, 6.45) is 8.27. The van der Waals surface area contributed by atoms with Gasteiger partial charge < -0.3 is 15.2 Å². The Hall–Kier alpha value is -2.19. The van der Waals surface area contributed by atoms with E-state index in [1.54, 1.807) is 23.9 Å². The Morgan fingerprint density at radius 2 is 2.07 bits per heavy atom. The number of halogens is 2. The van der Waals surface area contributed by atoms with Gasteiger partial charge in [0.15, 0.2) is 0 Å². The summed E-state index contributed by atoms with van der Waals surface area (Å²) < 4.78 is 2.03. The molecule has 146 valence electrons. The van der Waals surface area contributed by atoms with Crippen molar-refractivity contribution in [3.05, 3.63) is 65.3 Å². The Balaban J connectivity index is 0.00000112. The lowest BCUT2D eigenvalue weighted by Crippen LogP contribution is -2.22. The molecule has 0 atom stereocenters. The molecule has 0 unspecified atom stereocenters. The van der Waals surface area contributed by atoms with Gasteiger partial charge in [-0.3, -0.25) is 0 Å². The number of rotatable bonds is 4. The predicted octanol–water partition coefficient (Wildman–Crippen LogP) is 3.98. The fraction of sp³-hybridized carbons (Fsp3) is 0.211. The van der Waals surface area contributed by atoms with E-state index < -0.39 is 0 Å². The minimum Gasteiger partial charge on any atom is -0.365 e. The first-order chi connectivity index (χ1) is 12.9. The lowest BCUT2D eigenvalue weighted by Gasteiger charge is -2.15. The van der Waals surface area contributed by atoms with Gasteiger partial charge in [-0.1, -0.05) is 18.2 Å². The predicted molar refractivity (Wildman–Crippen MR) is 118 cm³/mol. The highest BCUT2D eigenvalue weighted by Gasteiger charge is 2.19. The van der Waals surface area contributed by atoms with Gasteiger partial charge in [-0.2, -0.15) is 0 Å². The quantitative estimate of drug-likeness (QED) is 0.508. The van der Waals surface area contributed by atoms with Gasteiger partial charge in [0.2, 0.25) is 0 Å². The largest absolute Gasteiger partial charge is 0.365 e. The van der Waals surface area contributed by atoms with Crippen molar-refractivity contribution in [1.82, 2.24) is 24.8 Å². The lowest BCUT2D eigenvalue weighted by molar-refractivity contribution is 0.657. The van der Waals surface area contributed by atoms with Crippen molar-refractivity contribution >= 4 is 52.2 Å². The average Bonchev–Trinajstić information content (AvgIpc) is 3.34. The highest BCUT2D eigenvalue weighted by Crippen LogP contribution is 2.35. The van der Waals surface area contributed by atoms with E-state index in [-0.39, 0.29) is 24.8 Å². The summed E-state index contributed by atoms with van der Waals surface area (Å²) in [6.45, 7) is 2.64. The van der Waals surface area contributed by atoms with Gasteiger partial charge in [-0.25, -0.2) is 15.0 Å². The van der Waals surface area contributed by atoms with Gasteiger partial charge in [0, 0.05) is 30.4 Å². The van der Waals surface area contributed by atoms with Crippen LogP contribution in [0.3, 0.4) is 0 Å². The van der Waals surface area contributed by atoms with Crippen LogP contribution in [0.15, 0.2) is 49.3 Å². The number of fused-ring (bicyclic) bond motifs is 3. The molecular weight excluding hydrogens is 415 g/mol. The molecule has 0 bridgehead atoms. The summed E-state index contributed by atoms with van der Waals surface area (Å²) >= 11 is 1.77. The Morgan fingerprint density at radius 1 is 1.18 bits per heavy atom. The Morgan fingerprint density at radius 3 is 2.93 bits per heavy atom. The van der Waals surface area contributed by atoms with E-state index in [9.17, 15) is 0 Å². The molecule has 0 aliphatic carbocycles. The SMILES string of the molecule is Cl.Cl.c1ccc(-n2ccnc2)c(CNc2ncnc3sc4c(c23)CCNC4)c1. The van der Waals surface area contributed by atoms with Crippen LogP contribution in [0.5, 0.6) is 0 Å². The molecule has 0 radical (unpaired) electrons. The molecule has 6 nitrogen and oxygen atoms in total. The van der Waals surface area contributed by atoms with Gasteiger partial charge >= 0.3 is 0 Å². The van der Waals surface area contributed by atoms with E-state index in [0.717, 1.165) is 35.8 Å². The maximum atomic E-state index is 4.54. The maximum absolute atomic E-state index is 4.54. The van der Waals surface area contributed by atoms with Gasteiger partial charge in [0.25, 0.3) is 0 Å². The molecule has 9 heteroatoms. The smallest absolute Gasteiger partial charge is 0.138 e. The van der Waals surface area contributed by atoms with Crippen LogP contribution in [0, 0.1) is 0 Å². The van der Waals surface area contributed by atoms with Gasteiger partial charge in [-0.05, 0) is 30.2 Å². The summed E-state index contributed by atoms with van der Waals surface area (Å²) in [6, 6.07) is 8.34. The summed E-state index contributed by atoms with van der Waals surface area (Å²) in [5.74, 6) is 0.926. The highest BCUT2D eigenvalue weighted by molar-refractivity contribution is 7.18. The van der Waals surface area contributed by atoms with Crippen LogP contribution in [0.1, 0.15) is 16.0 Å². The number of anilines is 1. The number of nitrogens with zero attached hydrogens (tertiary/aromatic N) is 4. The molecule has 0 saturated heterocycles. The zero-order valence-corrected chi connectivity index (χ0v) is 17.4. The van der Waals surface area contributed by atoms with E-state index in [1.165, 1.54) is 21.4 Å². The fourth-order valence-electron chi connectivity index (χ4n) is 3.49. The second kappa shape index (κ2) is 8.87. The highest BCUT2D eigenvalue weighted by atomic mass is 35.5. The van der Waals surface area contributed by atoms with Crippen molar-refractivity contribution in [1.29, 1.82) is 0 Å². The molecule has 28 heavy (non-hydrogen) atoms. The van der Waals surface area contributed by atoms with Gasteiger partial charge in [0.1, 0.15) is 17.0 Å². The molecule has 4 heterocycles. The van der Waals surface area contributed by atoms with Crippen molar-refractivity contribution in [2.75, 3.05) is 11.9 Å². The van der Waals surface area contributed by atoms with E-state index in [4.69, 9.17) is 0 Å². The molecule has 0 amide bonds. The van der Waals surface area contributed by atoms with E-state index in [1.807, 2.05) is 23.2 Å². The van der Waals surface area contributed by atoms with Crippen molar-refractivity contribution in [2.24, 2.45) is 0 Å². The first-order valence-electron chi connectivity index (χ1n) is 8.66. The number of nitrogens with one attached hydrogen (secondary N) is 2. The number of hydrogen-bond acceptors (Lipinski definition) is 6. The molecule has 4 aromatic rings. The zero-order chi connectivity index (χ0) is 17.3. The molecule has 1 aromatic carbocycles. The van der Waals surface area contributed by atoms with Crippen LogP contribution in [0.2, 0.25) is 0 Å². The number of aromatic nitrogens is 4. The van der Waals surface area contributed by atoms with Crippen LogP contribution in [-0.4, -0.2) is 26.1 Å². The van der Waals surface area contributed by atoms with Crippen LogP contribution in [0.4, 0.5) is 5.82 Å². The van der Waals surface area contributed by atoms with E-state index in [2.05, 4.69) is 43.8 Å². The van der Waals surface area contributed by atoms with Gasteiger partial charge in [-0.15, -0.1) is 36.2 Å². The first-order valence-corrected chi connectivity index (χ1v) is 9.48. The number of imidazole rings is 1. The molecule has 0 fully saturated rings.